The van der Waals surface area contributed by atoms with E-state index >= 15 is 0 Å². The number of aliphatic hydroxyl groups is 1. The summed E-state index contributed by atoms with van der Waals surface area (Å²) in [4.78, 5) is 12.0. The molecule has 0 unspecified atom stereocenters. The third kappa shape index (κ3) is 8.27. The number of carbonyl (C=O) groups excluding carboxylic acids is 1. The van der Waals surface area contributed by atoms with Crippen LogP contribution >= 0.6 is 0 Å². The molecule has 0 aliphatic carbocycles. The first-order valence-electron chi connectivity index (χ1n) is 10.6. The summed E-state index contributed by atoms with van der Waals surface area (Å²) in [7, 11) is 0. The number of nitrogens with one attached hydrogen (secondary N) is 2. The zero-order valence-corrected chi connectivity index (χ0v) is 18.0. The molecule has 2 heterocycles. The van der Waals surface area contributed by atoms with Crippen LogP contribution in [-0.4, -0.2) is 46.5 Å². The first-order valence-corrected chi connectivity index (χ1v) is 10.6. The van der Waals surface area contributed by atoms with Crippen molar-refractivity contribution in [1.29, 1.82) is 0 Å². The number of rotatable bonds is 3. The SMILES string of the molecule is CC.CC1(C)CCCCN1O.O=C(Nc1cccc(CO)c1)C1CCNCC1. The van der Waals surface area contributed by atoms with Crippen molar-refractivity contribution in [2.75, 3.05) is 25.0 Å². The quantitative estimate of drug-likeness (QED) is 0.628. The van der Waals surface area contributed by atoms with E-state index in [2.05, 4.69) is 24.5 Å². The fraction of sp³-hybridized carbons (Fsp3) is 0.682. The van der Waals surface area contributed by atoms with Crippen molar-refractivity contribution < 1.29 is 15.1 Å². The Balaban J connectivity index is 0.000000301. The first-order chi connectivity index (χ1) is 13.4. The summed E-state index contributed by atoms with van der Waals surface area (Å²) < 4.78 is 0. The molecule has 0 radical (unpaired) electrons. The van der Waals surface area contributed by atoms with Crippen LogP contribution in [0, 0.1) is 5.92 Å². The number of amides is 1. The number of hydrogen-bond acceptors (Lipinski definition) is 5. The Morgan fingerprint density at radius 2 is 1.93 bits per heavy atom. The number of hydrogen-bond donors (Lipinski definition) is 4. The van der Waals surface area contributed by atoms with E-state index in [1.54, 1.807) is 6.07 Å². The topological polar surface area (TPSA) is 84.8 Å². The standard InChI is InChI=1S/C13H18N2O2.C7H15NO.C2H6/c16-9-10-2-1-3-12(8-10)15-13(17)11-4-6-14-7-5-11;1-7(2)5-3-4-6-8(7)9;1-2/h1-3,8,11,14,16H,4-7,9H2,(H,15,17);9H,3-6H2,1-2H3;1-2H3. The Morgan fingerprint density at radius 1 is 1.25 bits per heavy atom. The second-order valence-corrected chi connectivity index (χ2v) is 7.76. The zero-order chi connectivity index (χ0) is 21.0. The van der Waals surface area contributed by atoms with Crippen molar-refractivity contribution in [3.8, 4) is 0 Å². The van der Waals surface area contributed by atoms with Crippen molar-refractivity contribution in [3.05, 3.63) is 29.8 Å². The molecule has 4 N–H and O–H groups in total. The van der Waals surface area contributed by atoms with Gasteiger partial charge in [0.05, 0.1) is 6.61 Å². The van der Waals surface area contributed by atoms with Crippen LogP contribution in [0.5, 0.6) is 0 Å². The van der Waals surface area contributed by atoms with Crippen LogP contribution in [0.2, 0.25) is 0 Å². The third-order valence-corrected chi connectivity index (χ3v) is 5.19. The molecular formula is C22H39N3O3. The lowest BCUT2D eigenvalue weighted by Gasteiger charge is -2.37. The highest BCUT2D eigenvalue weighted by Gasteiger charge is 2.27. The smallest absolute Gasteiger partial charge is 0.227 e. The molecule has 6 heteroatoms. The minimum absolute atomic E-state index is 0.00292. The van der Waals surface area contributed by atoms with Crippen LogP contribution in [0.3, 0.4) is 0 Å². The lowest BCUT2D eigenvalue weighted by molar-refractivity contribution is -0.177. The minimum Gasteiger partial charge on any atom is -0.392 e. The number of piperidine rings is 2. The van der Waals surface area contributed by atoms with Crippen molar-refractivity contribution in [3.63, 3.8) is 0 Å². The number of anilines is 1. The number of benzene rings is 1. The highest BCUT2D eigenvalue weighted by molar-refractivity contribution is 5.92. The first kappa shape index (κ1) is 24.6. The monoisotopic (exact) mass is 393 g/mol. The van der Waals surface area contributed by atoms with Gasteiger partial charge in [0.15, 0.2) is 0 Å². The van der Waals surface area contributed by atoms with Crippen molar-refractivity contribution in [1.82, 2.24) is 10.4 Å². The number of hydroxylamine groups is 2. The Labute approximate surface area is 170 Å². The van der Waals surface area contributed by atoms with Gasteiger partial charge in [-0.3, -0.25) is 4.79 Å². The van der Waals surface area contributed by atoms with Crippen LogP contribution < -0.4 is 10.6 Å². The molecule has 1 amide bonds. The Morgan fingerprint density at radius 3 is 2.46 bits per heavy atom. The van der Waals surface area contributed by atoms with E-state index in [1.165, 1.54) is 11.5 Å². The Kier molecular flexibility index (Phi) is 11.3. The molecule has 0 atom stereocenters. The van der Waals surface area contributed by atoms with Gasteiger partial charge in [0.1, 0.15) is 0 Å². The lowest BCUT2D eigenvalue weighted by atomic mass is 9.93. The fourth-order valence-electron chi connectivity index (χ4n) is 3.33. The highest BCUT2D eigenvalue weighted by atomic mass is 16.5. The van der Waals surface area contributed by atoms with Gasteiger partial charge in [0, 0.05) is 23.7 Å². The second-order valence-electron chi connectivity index (χ2n) is 7.76. The molecule has 160 valence electrons. The van der Waals surface area contributed by atoms with E-state index in [0.29, 0.717) is 0 Å². The maximum Gasteiger partial charge on any atom is 0.227 e. The second kappa shape index (κ2) is 12.9. The molecule has 0 aromatic heterocycles. The van der Waals surface area contributed by atoms with E-state index in [-0.39, 0.29) is 24.0 Å². The molecule has 0 bridgehead atoms. The van der Waals surface area contributed by atoms with Crippen LogP contribution in [0.4, 0.5) is 5.69 Å². The number of nitrogens with zero attached hydrogens (tertiary/aromatic N) is 1. The van der Waals surface area contributed by atoms with Gasteiger partial charge in [-0.05, 0) is 70.3 Å². The molecule has 3 rings (SSSR count). The van der Waals surface area contributed by atoms with Gasteiger partial charge < -0.3 is 20.9 Å². The van der Waals surface area contributed by atoms with Gasteiger partial charge in [0.25, 0.3) is 0 Å². The Hall–Kier alpha value is -1.47. The third-order valence-electron chi connectivity index (χ3n) is 5.19. The summed E-state index contributed by atoms with van der Waals surface area (Å²) in [6.07, 6.45) is 5.30. The van der Waals surface area contributed by atoms with Crippen molar-refractivity contribution >= 4 is 11.6 Å². The van der Waals surface area contributed by atoms with Gasteiger partial charge in [-0.1, -0.05) is 32.4 Å². The van der Waals surface area contributed by atoms with E-state index in [0.717, 1.165) is 56.6 Å². The fourth-order valence-corrected chi connectivity index (χ4v) is 3.33. The average Bonchev–Trinajstić information content (AvgIpc) is 2.73. The predicted molar refractivity (Wildman–Crippen MR) is 114 cm³/mol. The van der Waals surface area contributed by atoms with E-state index in [4.69, 9.17) is 5.11 Å². The van der Waals surface area contributed by atoms with Crippen molar-refractivity contribution in [2.45, 2.75) is 71.9 Å². The summed E-state index contributed by atoms with van der Waals surface area (Å²) in [5.41, 5.74) is 1.60. The molecule has 0 spiro atoms. The van der Waals surface area contributed by atoms with Crippen LogP contribution in [0.25, 0.3) is 0 Å². The number of aliphatic hydroxyl groups excluding tert-OH is 1. The molecule has 0 saturated carbocycles. The van der Waals surface area contributed by atoms with Crippen LogP contribution in [0.1, 0.15) is 65.4 Å². The van der Waals surface area contributed by atoms with Gasteiger partial charge in [0.2, 0.25) is 5.91 Å². The molecule has 1 aromatic carbocycles. The highest BCUT2D eigenvalue weighted by Crippen LogP contribution is 2.24. The summed E-state index contributed by atoms with van der Waals surface area (Å²) in [6, 6.07) is 7.32. The van der Waals surface area contributed by atoms with Gasteiger partial charge in [-0.15, -0.1) is 0 Å². The largest absolute Gasteiger partial charge is 0.392 e. The van der Waals surface area contributed by atoms with Gasteiger partial charge in [-0.25, -0.2) is 0 Å². The van der Waals surface area contributed by atoms with Crippen LogP contribution in [0.15, 0.2) is 24.3 Å². The zero-order valence-electron chi connectivity index (χ0n) is 18.0. The predicted octanol–water partition coefficient (Wildman–Crippen LogP) is 3.78. The summed E-state index contributed by atoms with van der Waals surface area (Å²) in [5, 5.41) is 25.9. The summed E-state index contributed by atoms with van der Waals surface area (Å²) in [5.74, 6) is 0.190. The normalized spacial score (nSPS) is 19.5. The van der Waals surface area contributed by atoms with Gasteiger partial charge in [-0.2, -0.15) is 5.06 Å². The maximum absolute atomic E-state index is 12.0. The maximum atomic E-state index is 12.0. The van der Waals surface area contributed by atoms with Crippen molar-refractivity contribution in [2.24, 2.45) is 5.92 Å². The Bertz CT molecular complexity index is 572. The minimum atomic E-state index is -0.00292. The summed E-state index contributed by atoms with van der Waals surface area (Å²) in [6.45, 7) is 10.8. The van der Waals surface area contributed by atoms with E-state index in [1.807, 2.05) is 32.0 Å². The molecular weight excluding hydrogens is 354 g/mol. The summed E-state index contributed by atoms with van der Waals surface area (Å²) >= 11 is 0. The molecule has 1 aromatic rings. The van der Waals surface area contributed by atoms with E-state index < -0.39 is 0 Å². The molecule has 2 saturated heterocycles. The van der Waals surface area contributed by atoms with E-state index in [9.17, 15) is 10.0 Å². The molecule has 2 fully saturated rings. The molecule has 28 heavy (non-hydrogen) atoms. The lowest BCUT2D eigenvalue weighted by Crippen LogP contribution is -2.44. The molecule has 2 aliphatic rings. The molecule has 6 nitrogen and oxygen atoms in total. The number of carbonyl (C=O) groups is 1. The van der Waals surface area contributed by atoms with Gasteiger partial charge >= 0.3 is 0 Å². The van der Waals surface area contributed by atoms with Crippen LogP contribution in [-0.2, 0) is 11.4 Å². The average molecular weight is 394 g/mol. The molecule has 2 aliphatic heterocycles.